The van der Waals surface area contributed by atoms with Crippen LogP contribution in [0.15, 0.2) is 103 Å². The van der Waals surface area contributed by atoms with E-state index in [1.54, 1.807) is 24.3 Å². The van der Waals surface area contributed by atoms with Crippen LogP contribution in [0.4, 0.5) is 0 Å². The predicted octanol–water partition coefficient (Wildman–Crippen LogP) is 7.83. The van der Waals surface area contributed by atoms with Gasteiger partial charge in [0, 0.05) is 11.8 Å². The predicted molar refractivity (Wildman–Crippen MR) is 159 cm³/mol. The maximum atomic E-state index is 13.3. The van der Waals surface area contributed by atoms with E-state index in [-0.39, 0.29) is 29.7 Å². The number of fused-ring (bicyclic) bond motifs is 7. The fraction of sp³-hybridized carbons (Fsp3) is 0.297. The maximum absolute atomic E-state index is 13.3. The maximum Gasteiger partial charge on any atom is 0.338 e. The Balaban J connectivity index is 1.24. The van der Waals surface area contributed by atoms with Gasteiger partial charge in [0.2, 0.25) is 0 Å². The zero-order valence-corrected chi connectivity index (χ0v) is 23.4. The number of rotatable bonds is 6. The summed E-state index contributed by atoms with van der Waals surface area (Å²) in [6, 6.07) is 33.7. The molecule has 0 heterocycles. The molecule has 4 nitrogen and oxygen atoms in total. The lowest BCUT2D eigenvalue weighted by Gasteiger charge is -2.37. The number of ether oxygens (including phenoxy) is 2. The SMILES string of the molecule is CC(C)c1cccc(-c2cccc3c2CC2C4CC(C(OC(=O)c5ccccc5)C4OC(=O)c4ccccc4)C32)c1. The lowest BCUT2D eigenvalue weighted by atomic mass is 9.76. The van der Waals surface area contributed by atoms with E-state index in [1.807, 2.05) is 36.4 Å². The molecule has 6 unspecified atom stereocenters. The minimum atomic E-state index is -0.486. The summed E-state index contributed by atoms with van der Waals surface area (Å²) in [6.45, 7) is 4.45. The average molecular weight is 543 g/mol. The van der Waals surface area contributed by atoms with E-state index in [9.17, 15) is 9.59 Å². The molecule has 2 saturated carbocycles. The van der Waals surface area contributed by atoms with E-state index in [2.05, 4.69) is 56.3 Å². The van der Waals surface area contributed by atoms with Gasteiger partial charge in [-0.1, -0.05) is 92.7 Å². The molecule has 0 spiro atoms. The molecule has 3 aliphatic carbocycles. The van der Waals surface area contributed by atoms with Crippen molar-refractivity contribution in [1.82, 2.24) is 0 Å². The first-order valence-corrected chi connectivity index (χ1v) is 14.7. The lowest BCUT2D eigenvalue weighted by molar-refractivity contribution is -0.0698. The van der Waals surface area contributed by atoms with Crippen LogP contribution in [0.5, 0.6) is 0 Å². The van der Waals surface area contributed by atoms with Crippen LogP contribution in [-0.4, -0.2) is 24.1 Å². The Morgan fingerprint density at radius 2 is 1.29 bits per heavy atom. The van der Waals surface area contributed by atoms with Crippen LogP contribution in [0.1, 0.15) is 69.5 Å². The van der Waals surface area contributed by atoms with Gasteiger partial charge in [-0.05, 0) is 82.7 Å². The van der Waals surface area contributed by atoms with Gasteiger partial charge < -0.3 is 9.47 Å². The van der Waals surface area contributed by atoms with Gasteiger partial charge in [0.15, 0.2) is 0 Å². The normalized spacial score (nSPS) is 25.5. The van der Waals surface area contributed by atoms with Crippen molar-refractivity contribution >= 4 is 11.9 Å². The van der Waals surface area contributed by atoms with Crippen molar-refractivity contribution < 1.29 is 19.1 Å². The van der Waals surface area contributed by atoms with Crippen molar-refractivity contribution in [3.05, 3.63) is 131 Å². The zero-order valence-electron chi connectivity index (χ0n) is 23.4. The summed E-state index contributed by atoms with van der Waals surface area (Å²) >= 11 is 0. The topological polar surface area (TPSA) is 52.6 Å². The molecule has 4 aromatic rings. The largest absolute Gasteiger partial charge is 0.455 e. The molecule has 2 fully saturated rings. The third-order valence-corrected chi connectivity index (χ3v) is 9.57. The smallest absolute Gasteiger partial charge is 0.338 e. The van der Waals surface area contributed by atoms with Gasteiger partial charge in [0.25, 0.3) is 0 Å². The average Bonchev–Trinajstić information content (AvgIpc) is 3.68. The van der Waals surface area contributed by atoms with Crippen LogP contribution in [-0.2, 0) is 15.9 Å². The van der Waals surface area contributed by atoms with Crippen LogP contribution in [0.2, 0.25) is 0 Å². The zero-order chi connectivity index (χ0) is 28.1. The number of carbonyl (C=O) groups is 2. The van der Waals surface area contributed by atoms with Crippen molar-refractivity contribution in [2.75, 3.05) is 0 Å². The number of benzene rings is 4. The minimum Gasteiger partial charge on any atom is -0.455 e. The molecule has 41 heavy (non-hydrogen) atoms. The summed E-state index contributed by atoms with van der Waals surface area (Å²) in [5.41, 5.74) is 7.65. The fourth-order valence-corrected chi connectivity index (χ4v) is 7.72. The molecule has 0 radical (unpaired) electrons. The quantitative estimate of drug-likeness (QED) is 0.233. The monoisotopic (exact) mass is 542 g/mol. The molecule has 0 N–H and O–H groups in total. The summed E-state index contributed by atoms with van der Waals surface area (Å²) in [6.07, 6.45) is 0.882. The number of carbonyl (C=O) groups excluding carboxylic acids is 2. The lowest BCUT2D eigenvalue weighted by Crippen LogP contribution is -2.45. The first-order chi connectivity index (χ1) is 20.0. The molecule has 2 bridgehead atoms. The van der Waals surface area contributed by atoms with E-state index < -0.39 is 12.2 Å². The Bertz CT molecular complexity index is 1590. The Morgan fingerprint density at radius 3 is 1.93 bits per heavy atom. The molecule has 206 valence electrons. The van der Waals surface area contributed by atoms with Crippen molar-refractivity contribution in [3.8, 4) is 11.1 Å². The van der Waals surface area contributed by atoms with Crippen molar-refractivity contribution in [2.24, 2.45) is 17.8 Å². The molecule has 0 amide bonds. The summed E-state index contributed by atoms with van der Waals surface area (Å²) in [5, 5.41) is 0. The second kappa shape index (κ2) is 10.3. The molecule has 7 rings (SSSR count). The first kappa shape index (κ1) is 25.8. The van der Waals surface area contributed by atoms with E-state index >= 15 is 0 Å². The highest BCUT2D eigenvalue weighted by Crippen LogP contribution is 2.63. The Morgan fingerprint density at radius 1 is 0.683 bits per heavy atom. The Labute approximate surface area is 241 Å². The van der Waals surface area contributed by atoms with Gasteiger partial charge in [-0.15, -0.1) is 0 Å². The molecule has 0 aromatic heterocycles. The number of hydrogen-bond acceptors (Lipinski definition) is 4. The molecular formula is C37H34O4. The van der Waals surface area contributed by atoms with Gasteiger partial charge in [0.1, 0.15) is 12.2 Å². The fourth-order valence-electron chi connectivity index (χ4n) is 7.72. The summed E-state index contributed by atoms with van der Waals surface area (Å²) < 4.78 is 12.5. The van der Waals surface area contributed by atoms with Gasteiger partial charge in [-0.2, -0.15) is 0 Å². The first-order valence-electron chi connectivity index (χ1n) is 14.7. The highest BCUT2D eigenvalue weighted by molar-refractivity contribution is 5.90. The van der Waals surface area contributed by atoms with E-state index in [0.717, 1.165) is 12.8 Å². The van der Waals surface area contributed by atoms with Crippen molar-refractivity contribution in [3.63, 3.8) is 0 Å². The van der Waals surface area contributed by atoms with Crippen LogP contribution in [0.3, 0.4) is 0 Å². The van der Waals surface area contributed by atoms with Gasteiger partial charge >= 0.3 is 11.9 Å². The molecule has 0 aliphatic heterocycles. The van der Waals surface area contributed by atoms with Gasteiger partial charge in [-0.3, -0.25) is 0 Å². The van der Waals surface area contributed by atoms with Crippen molar-refractivity contribution in [2.45, 2.75) is 50.7 Å². The van der Waals surface area contributed by atoms with Crippen LogP contribution in [0.25, 0.3) is 11.1 Å². The molecule has 6 atom stereocenters. The standard InChI is InChI=1S/C37H34O4/c1-22(2)25-15-9-16-26(19-25)27-17-10-18-28-29(27)20-30-31-21-32(33(28)30)35(41-37(39)24-13-7-4-8-14-24)34(31)40-36(38)23-11-5-3-6-12-23/h3-19,22,30-35H,20-21H2,1-2H3. The Kier molecular flexibility index (Phi) is 6.50. The number of esters is 2. The molecule has 3 aliphatic rings. The third-order valence-electron chi connectivity index (χ3n) is 9.57. The summed E-state index contributed by atoms with van der Waals surface area (Å²) in [7, 11) is 0. The number of hydrogen-bond donors (Lipinski definition) is 0. The van der Waals surface area contributed by atoms with Crippen LogP contribution < -0.4 is 0 Å². The molecule has 0 saturated heterocycles. The summed E-state index contributed by atoms with van der Waals surface area (Å²) in [5.74, 6) is 0.605. The van der Waals surface area contributed by atoms with Gasteiger partial charge in [-0.25, -0.2) is 9.59 Å². The second-order valence-electron chi connectivity index (χ2n) is 12.1. The molecule has 4 heteroatoms. The van der Waals surface area contributed by atoms with E-state index in [1.165, 1.54) is 27.8 Å². The van der Waals surface area contributed by atoms with Crippen LogP contribution in [0, 0.1) is 17.8 Å². The highest BCUT2D eigenvalue weighted by Gasteiger charge is 2.63. The molecular weight excluding hydrogens is 508 g/mol. The van der Waals surface area contributed by atoms with Gasteiger partial charge in [0.05, 0.1) is 11.1 Å². The van der Waals surface area contributed by atoms with E-state index in [0.29, 0.717) is 23.0 Å². The minimum absolute atomic E-state index is 0.102. The Hall–Kier alpha value is -4.18. The highest BCUT2D eigenvalue weighted by atomic mass is 16.6. The van der Waals surface area contributed by atoms with Crippen molar-refractivity contribution in [1.29, 1.82) is 0 Å². The van der Waals surface area contributed by atoms with E-state index in [4.69, 9.17) is 9.47 Å². The third kappa shape index (κ3) is 4.46. The summed E-state index contributed by atoms with van der Waals surface area (Å²) in [4.78, 5) is 26.5. The second-order valence-corrected chi connectivity index (χ2v) is 12.1. The molecule has 4 aromatic carbocycles. The van der Waals surface area contributed by atoms with Crippen LogP contribution >= 0.6 is 0 Å².